The van der Waals surface area contributed by atoms with Crippen LogP contribution < -0.4 is 16.0 Å². The van der Waals surface area contributed by atoms with Crippen molar-refractivity contribution in [2.45, 2.75) is 25.8 Å². The highest BCUT2D eigenvalue weighted by atomic mass is 19.1. The number of hydrogen-bond donors (Lipinski definition) is 2. The Morgan fingerprint density at radius 1 is 1.22 bits per heavy atom. The van der Waals surface area contributed by atoms with E-state index in [9.17, 15) is 4.39 Å². The molecular formula is C20H24FN5O. The number of rotatable bonds is 4. The van der Waals surface area contributed by atoms with E-state index in [4.69, 9.17) is 10.5 Å². The second kappa shape index (κ2) is 7.92. The van der Waals surface area contributed by atoms with Gasteiger partial charge in [-0.3, -0.25) is 0 Å². The van der Waals surface area contributed by atoms with Crippen molar-refractivity contribution >= 4 is 17.5 Å². The number of pyridine rings is 1. The van der Waals surface area contributed by atoms with Crippen molar-refractivity contribution in [1.82, 2.24) is 4.98 Å². The standard InChI is InChI=1S/C20H24FN5O/c21-18-10-14(12-23-19(18)26-6-8-27-9-7-26)13-24-20(22)25-17-5-4-15-2-1-3-16(15)11-17/h4-5,10-12H,1-3,6-9,13H2,(H3,22,24,25). The van der Waals surface area contributed by atoms with Gasteiger partial charge in [-0.05, 0) is 54.2 Å². The lowest BCUT2D eigenvalue weighted by molar-refractivity contribution is 0.122. The van der Waals surface area contributed by atoms with Crippen LogP contribution in [-0.2, 0) is 24.1 Å². The lowest BCUT2D eigenvalue weighted by Gasteiger charge is -2.28. The summed E-state index contributed by atoms with van der Waals surface area (Å²) in [5.74, 6) is 0.343. The summed E-state index contributed by atoms with van der Waals surface area (Å²) in [6.45, 7) is 2.77. The Morgan fingerprint density at radius 3 is 2.85 bits per heavy atom. The number of nitrogens with one attached hydrogen (secondary N) is 1. The van der Waals surface area contributed by atoms with Crippen LogP contribution in [0.25, 0.3) is 0 Å². The molecule has 1 aliphatic carbocycles. The van der Waals surface area contributed by atoms with Gasteiger partial charge in [0.15, 0.2) is 17.6 Å². The Balaban J connectivity index is 1.39. The average molecular weight is 369 g/mol. The van der Waals surface area contributed by atoms with E-state index in [0.29, 0.717) is 43.6 Å². The third-order valence-electron chi connectivity index (χ3n) is 4.99. The van der Waals surface area contributed by atoms with Gasteiger partial charge >= 0.3 is 0 Å². The molecule has 1 fully saturated rings. The first-order chi connectivity index (χ1) is 13.2. The van der Waals surface area contributed by atoms with Crippen molar-refractivity contribution in [1.29, 1.82) is 0 Å². The Morgan fingerprint density at radius 2 is 2.04 bits per heavy atom. The summed E-state index contributed by atoms with van der Waals surface area (Å²) < 4.78 is 19.7. The van der Waals surface area contributed by atoms with Crippen LogP contribution in [0.3, 0.4) is 0 Å². The average Bonchev–Trinajstić information content (AvgIpc) is 3.15. The molecule has 0 spiro atoms. The van der Waals surface area contributed by atoms with Gasteiger partial charge in [0.2, 0.25) is 0 Å². The van der Waals surface area contributed by atoms with Crippen LogP contribution in [-0.4, -0.2) is 37.2 Å². The molecule has 1 saturated heterocycles. The number of aromatic nitrogens is 1. The summed E-state index contributed by atoms with van der Waals surface area (Å²) >= 11 is 0. The van der Waals surface area contributed by atoms with E-state index >= 15 is 0 Å². The third kappa shape index (κ3) is 4.19. The van der Waals surface area contributed by atoms with Crippen molar-refractivity contribution in [3.63, 3.8) is 0 Å². The van der Waals surface area contributed by atoms with E-state index in [1.807, 2.05) is 11.0 Å². The number of halogens is 1. The van der Waals surface area contributed by atoms with E-state index in [1.165, 1.54) is 23.6 Å². The van der Waals surface area contributed by atoms with Crippen LogP contribution in [0, 0.1) is 5.82 Å². The molecule has 4 rings (SSSR count). The highest BCUT2D eigenvalue weighted by molar-refractivity contribution is 5.92. The van der Waals surface area contributed by atoms with Gasteiger partial charge in [-0.1, -0.05) is 6.07 Å². The van der Waals surface area contributed by atoms with Gasteiger partial charge in [-0.15, -0.1) is 0 Å². The molecule has 0 radical (unpaired) electrons. The lowest BCUT2D eigenvalue weighted by Crippen LogP contribution is -2.37. The molecule has 142 valence electrons. The number of fused-ring (bicyclic) bond motifs is 1. The van der Waals surface area contributed by atoms with Crippen molar-refractivity contribution < 1.29 is 9.13 Å². The zero-order valence-corrected chi connectivity index (χ0v) is 15.2. The fourth-order valence-corrected chi connectivity index (χ4v) is 3.58. The molecule has 2 aromatic rings. The van der Waals surface area contributed by atoms with E-state index in [0.717, 1.165) is 18.5 Å². The van der Waals surface area contributed by atoms with E-state index in [-0.39, 0.29) is 12.4 Å². The first-order valence-electron chi connectivity index (χ1n) is 9.35. The van der Waals surface area contributed by atoms with Gasteiger partial charge in [0.25, 0.3) is 0 Å². The van der Waals surface area contributed by atoms with E-state index in [1.54, 1.807) is 6.20 Å². The second-order valence-electron chi connectivity index (χ2n) is 6.91. The highest BCUT2D eigenvalue weighted by Gasteiger charge is 2.16. The Kier molecular flexibility index (Phi) is 5.20. The predicted octanol–water partition coefficient (Wildman–Crippen LogP) is 2.47. The number of morpholine rings is 1. The molecule has 1 aromatic carbocycles. The zero-order chi connectivity index (χ0) is 18.6. The maximum atomic E-state index is 14.4. The smallest absolute Gasteiger partial charge is 0.193 e. The molecule has 0 atom stereocenters. The van der Waals surface area contributed by atoms with Gasteiger partial charge < -0.3 is 20.7 Å². The fraction of sp³-hybridized carbons (Fsp3) is 0.400. The Hall–Kier alpha value is -2.67. The molecule has 2 aliphatic rings. The summed E-state index contributed by atoms with van der Waals surface area (Å²) in [7, 11) is 0. The molecule has 0 bridgehead atoms. The summed E-state index contributed by atoms with van der Waals surface area (Å²) in [5.41, 5.74) is 10.4. The van der Waals surface area contributed by atoms with Crippen LogP contribution in [0.5, 0.6) is 0 Å². The quantitative estimate of drug-likeness (QED) is 0.640. The number of anilines is 2. The second-order valence-corrected chi connectivity index (χ2v) is 6.91. The van der Waals surface area contributed by atoms with Gasteiger partial charge in [0.05, 0.1) is 19.8 Å². The van der Waals surface area contributed by atoms with Crippen LogP contribution in [0.4, 0.5) is 15.9 Å². The number of benzene rings is 1. The number of nitrogens with zero attached hydrogens (tertiary/aromatic N) is 3. The highest BCUT2D eigenvalue weighted by Crippen LogP contribution is 2.25. The number of aryl methyl sites for hydroxylation is 2. The van der Waals surface area contributed by atoms with E-state index in [2.05, 4.69) is 27.4 Å². The van der Waals surface area contributed by atoms with Crippen LogP contribution in [0.1, 0.15) is 23.1 Å². The Bertz CT molecular complexity index is 848. The number of nitrogens with two attached hydrogens (primary N) is 1. The molecule has 7 heteroatoms. The van der Waals surface area contributed by atoms with Crippen molar-refractivity contribution in [3.8, 4) is 0 Å². The van der Waals surface area contributed by atoms with Gasteiger partial charge in [-0.2, -0.15) is 0 Å². The molecule has 6 nitrogen and oxygen atoms in total. The molecule has 27 heavy (non-hydrogen) atoms. The topological polar surface area (TPSA) is 75.8 Å². The first kappa shape index (κ1) is 17.7. The van der Waals surface area contributed by atoms with Gasteiger partial charge in [0, 0.05) is 25.0 Å². The molecule has 0 unspecified atom stereocenters. The van der Waals surface area contributed by atoms with Gasteiger partial charge in [0.1, 0.15) is 0 Å². The molecule has 2 heterocycles. The minimum absolute atomic E-state index is 0.275. The lowest BCUT2D eigenvalue weighted by atomic mass is 10.1. The molecule has 1 aromatic heterocycles. The minimum Gasteiger partial charge on any atom is -0.378 e. The molecule has 0 amide bonds. The summed E-state index contributed by atoms with van der Waals surface area (Å²) in [6, 6.07) is 7.76. The number of guanidine groups is 1. The monoisotopic (exact) mass is 369 g/mol. The van der Waals surface area contributed by atoms with Crippen LogP contribution in [0.15, 0.2) is 35.5 Å². The first-order valence-corrected chi connectivity index (χ1v) is 9.35. The Labute approximate surface area is 158 Å². The summed E-state index contributed by atoms with van der Waals surface area (Å²) in [6.07, 6.45) is 5.13. The molecule has 0 saturated carbocycles. The largest absolute Gasteiger partial charge is 0.378 e. The van der Waals surface area contributed by atoms with Crippen molar-refractivity contribution in [2.75, 3.05) is 36.5 Å². The summed E-state index contributed by atoms with van der Waals surface area (Å²) in [4.78, 5) is 10.5. The number of ether oxygens (including phenoxy) is 1. The predicted molar refractivity (Wildman–Crippen MR) is 105 cm³/mol. The fourth-order valence-electron chi connectivity index (χ4n) is 3.58. The van der Waals surface area contributed by atoms with Gasteiger partial charge in [-0.25, -0.2) is 14.4 Å². The maximum absolute atomic E-state index is 14.4. The number of hydrogen-bond acceptors (Lipinski definition) is 4. The van der Waals surface area contributed by atoms with Crippen molar-refractivity contribution in [3.05, 3.63) is 53.0 Å². The SMILES string of the molecule is NC(=NCc1cnc(N2CCOCC2)c(F)c1)Nc1ccc2c(c1)CCC2. The van der Waals surface area contributed by atoms with E-state index < -0.39 is 0 Å². The molecule has 1 aliphatic heterocycles. The number of aliphatic imine (C=N–C) groups is 1. The van der Waals surface area contributed by atoms with Crippen LogP contribution >= 0.6 is 0 Å². The van der Waals surface area contributed by atoms with Crippen molar-refractivity contribution in [2.24, 2.45) is 10.7 Å². The van der Waals surface area contributed by atoms with Crippen LogP contribution in [0.2, 0.25) is 0 Å². The maximum Gasteiger partial charge on any atom is 0.193 e. The molecular weight excluding hydrogens is 345 g/mol. The normalized spacial score (nSPS) is 17.1. The molecule has 3 N–H and O–H groups in total. The zero-order valence-electron chi connectivity index (χ0n) is 15.2. The minimum atomic E-state index is -0.338. The third-order valence-corrected chi connectivity index (χ3v) is 4.99. The summed E-state index contributed by atoms with van der Waals surface area (Å²) in [5, 5.41) is 3.11.